The van der Waals surface area contributed by atoms with Crippen molar-refractivity contribution >= 4 is 263 Å². The van der Waals surface area contributed by atoms with E-state index in [1.165, 1.54) is 76.7 Å². The molecule has 0 unspecified atom stereocenters. The second kappa shape index (κ2) is 20.2. The van der Waals surface area contributed by atoms with Crippen LogP contribution in [0.15, 0.2) is 121 Å². The smallest absolute Gasteiger partial charge is 0.261 e. The van der Waals surface area contributed by atoms with Gasteiger partial charge in [0.1, 0.15) is 69.8 Å². The van der Waals surface area contributed by atoms with Crippen molar-refractivity contribution in [1.82, 2.24) is 19.6 Å². The van der Waals surface area contributed by atoms with Gasteiger partial charge in [-0.15, -0.1) is 0 Å². The lowest BCUT2D eigenvalue weighted by Crippen LogP contribution is -2.37. The van der Waals surface area contributed by atoms with Gasteiger partial charge in [-0.05, 0) is 164 Å². The predicted molar refractivity (Wildman–Crippen MR) is 415 cm³/mol. The van der Waals surface area contributed by atoms with Gasteiger partial charge in [-0.3, -0.25) is 58.0 Å². The number of fused-ring (bicyclic) bond motifs is 12. The fraction of sp³-hybridized carbons (Fsp3) is 0.0435. The Morgan fingerprint density at radius 3 is 0.448 bits per heavy atom. The maximum atomic E-state index is 17.1. The Labute approximate surface area is 634 Å². The van der Waals surface area contributed by atoms with Crippen LogP contribution in [0.1, 0.15) is 82.9 Å². The molecule has 4 aliphatic heterocycles. The van der Waals surface area contributed by atoms with E-state index in [0.29, 0.717) is 0 Å². The van der Waals surface area contributed by atoms with Gasteiger partial charge in [-0.25, -0.2) is 52.7 Å². The summed E-state index contributed by atoms with van der Waals surface area (Å²) in [4.78, 5) is 109. The van der Waals surface area contributed by atoms with Gasteiger partial charge in [-0.2, -0.15) is 0 Å². The van der Waals surface area contributed by atoms with Crippen molar-refractivity contribution < 1.29 is 91.0 Å². The lowest BCUT2D eigenvalue weighted by Gasteiger charge is -2.27. The van der Waals surface area contributed by atoms with E-state index < -0.39 is 117 Å². The van der Waals surface area contributed by atoms with E-state index in [9.17, 15) is 38.4 Å². The first-order valence-corrected chi connectivity index (χ1v) is 36.0. The van der Waals surface area contributed by atoms with E-state index >= 15 is 52.7 Å². The number of halogens is 12. The average Bonchev–Trinajstić information content (AvgIpc) is 0.669. The molecule has 0 saturated heterocycles. The van der Waals surface area contributed by atoms with Crippen molar-refractivity contribution in [1.29, 1.82) is 0 Å². The van der Waals surface area contributed by atoms with Gasteiger partial charge in [0, 0.05) is 152 Å². The molecule has 22 aromatic rings. The zero-order chi connectivity index (χ0) is 79.7. The summed E-state index contributed by atoms with van der Waals surface area (Å²) in [6, 6.07) is 24.2. The first-order chi connectivity index (χ1) is 55.6. The number of hydrogen-bond donors (Lipinski definition) is 0. The molecule has 22 aromatic carbocycles. The van der Waals surface area contributed by atoms with Gasteiger partial charge in [0.05, 0.1) is 44.5 Å². The van der Waals surface area contributed by atoms with Crippen molar-refractivity contribution in [3.8, 4) is 0 Å². The highest BCUT2D eigenvalue weighted by molar-refractivity contribution is 6.51. The normalized spacial score (nSPS) is 15.0. The highest BCUT2D eigenvalue weighted by atomic mass is 19.2. The Kier molecular flexibility index (Phi) is 11.3. The molecular formula is C92H32F12N4O8. The van der Waals surface area contributed by atoms with Crippen LogP contribution in [-0.4, -0.2) is 95.0 Å². The molecule has 26 rings (SSSR count). The number of nitrogens with zero attached hydrogens (tertiary/aromatic N) is 4. The third kappa shape index (κ3) is 6.89. The molecule has 4 heterocycles. The van der Waals surface area contributed by atoms with Gasteiger partial charge in [0.2, 0.25) is 0 Å². The summed E-state index contributed by atoms with van der Waals surface area (Å²) in [5, 5.41) is 1.18. The molecule has 0 fully saturated rings. The Morgan fingerprint density at radius 2 is 0.267 bits per heavy atom. The minimum absolute atomic E-state index is 0.00187. The van der Waals surface area contributed by atoms with E-state index in [4.69, 9.17) is 0 Å². The van der Waals surface area contributed by atoms with Crippen LogP contribution in [0, 0.1) is 69.8 Å². The molecule has 0 N–H and O–H groups in total. The summed E-state index contributed by atoms with van der Waals surface area (Å²) in [6.07, 6.45) is 0. The first-order valence-electron chi connectivity index (χ1n) is 36.0. The van der Waals surface area contributed by atoms with Crippen LogP contribution in [0.2, 0.25) is 0 Å². The summed E-state index contributed by atoms with van der Waals surface area (Å²) >= 11 is 0. The number of amides is 8. The van der Waals surface area contributed by atoms with Crippen molar-refractivity contribution in [3.05, 3.63) is 236 Å². The van der Waals surface area contributed by atoms with E-state index in [0.717, 1.165) is 92.4 Å². The van der Waals surface area contributed by atoms with Gasteiger partial charge in [0.25, 0.3) is 47.3 Å². The molecule has 0 aliphatic carbocycles. The zero-order valence-electron chi connectivity index (χ0n) is 59.1. The van der Waals surface area contributed by atoms with Crippen LogP contribution in [0.3, 0.4) is 0 Å². The van der Waals surface area contributed by atoms with Crippen LogP contribution < -0.4 is 0 Å². The number of rotatable bonds is 0. The molecule has 4 aliphatic rings. The number of carbonyl (C=O) groups is 8. The fourth-order valence-corrected chi connectivity index (χ4v) is 21.2. The molecule has 0 atom stereocenters. The number of benzene rings is 22. The van der Waals surface area contributed by atoms with Crippen LogP contribution in [0.25, 0.3) is 215 Å². The highest BCUT2D eigenvalue weighted by Gasteiger charge is 2.42. The Morgan fingerprint density at radius 1 is 0.147 bits per heavy atom. The second-order valence-corrected chi connectivity index (χ2v) is 30.7. The largest absolute Gasteiger partial charge is 0.277 e. The monoisotopic (exact) mass is 1550 g/mol. The molecule has 12 nitrogen and oxygen atoms in total. The quantitative estimate of drug-likeness (QED) is 0.0630. The van der Waals surface area contributed by atoms with E-state index in [2.05, 4.69) is 0 Å². The van der Waals surface area contributed by atoms with Crippen LogP contribution in [-0.2, 0) is 0 Å². The summed E-state index contributed by atoms with van der Waals surface area (Å²) in [5.74, 6) is -17.2. The molecule has 116 heavy (non-hydrogen) atoms. The summed E-state index contributed by atoms with van der Waals surface area (Å²) < 4.78 is 200. The lowest BCUT2D eigenvalue weighted by atomic mass is 9.79. The van der Waals surface area contributed by atoms with Gasteiger partial charge < -0.3 is 0 Å². The zero-order valence-corrected chi connectivity index (χ0v) is 59.1. The molecule has 0 bridgehead atoms. The molecule has 0 saturated carbocycles. The maximum absolute atomic E-state index is 17.1. The van der Waals surface area contributed by atoms with Gasteiger partial charge in [-0.1, -0.05) is 48.5 Å². The van der Waals surface area contributed by atoms with E-state index in [1.54, 1.807) is 0 Å². The number of imide groups is 4. The first kappa shape index (κ1) is 64.9. The highest BCUT2D eigenvalue weighted by Crippen LogP contribution is 2.58. The maximum Gasteiger partial charge on any atom is 0.261 e. The molecule has 552 valence electrons. The van der Waals surface area contributed by atoms with Crippen molar-refractivity contribution in [2.24, 2.45) is 0 Å². The summed E-state index contributed by atoms with van der Waals surface area (Å²) in [5.41, 5.74) is -1.22. The van der Waals surface area contributed by atoms with Crippen LogP contribution >= 0.6 is 0 Å². The Balaban J connectivity index is 0.000000130. The topological polar surface area (TPSA) is 150 Å². The Hall–Kier alpha value is -14.7. The van der Waals surface area contributed by atoms with Crippen LogP contribution in [0.4, 0.5) is 52.7 Å². The van der Waals surface area contributed by atoms with Crippen LogP contribution in [0.5, 0.6) is 0 Å². The molecule has 0 radical (unpaired) electrons. The summed E-state index contributed by atoms with van der Waals surface area (Å²) in [7, 11) is 4.84. The Bertz CT molecular complexity index is 8480. The minimum Gasteiger partial charge on any atom is -0.277 e. The third-order valence-electron chi connectivity index (χ3n) is 25.7. The minimum atomic E-state index is -0.977. The lowest BCUT2D eigenvalue weighted by molar-refractivity contribution is 0.0635. The molecular weight excluding hydrogens is 1520 g/mol. The molecule has 8 amide bonds. The standard InChI is InChI=1S/2C46H16F6N2O4/c1-53-43(55)19-9-25(49)35-13-3-5-15-34-24(48)8-18-30-14(36-26(50)10-20-32-22(46(58)54(2)44(20)56)12-28(52)38(18)42(32)36)4-6-16(40(30)34)33-23(47)7-17(29(13)39(15)33)37-27(51)11-21(45(53)57)31(19)41(35)37;1-53-43(55)19-9-25(49)36-15-5-3-13-29-14(4-6-16(30(15)29)37-26(50)10-20(44(53)56)32(19)41(36)37)35-24(48)8-18-31-17(7-23(47)34(13)40(31)35)38-27(51)11-21-33-22(46(58)54(2)45(21)57)12-28(52)39(18)42(33)38/h2*3-12H,1-2H3. The number of carbonyl (C=O) groups excluding carboxylic acids is 8. The van der Waals surface area contributed by atoms with E-state index in [-0.39, 0.29) is 260 Å². The molecule has 0 spiro atoms. The number of hydrogen-bond acceptors (Lipinski definition) is 8. The fourth-order valence-electron chi connectivity index (χ4n) is 21.2. The van der Waals surface area contributed by atoms with Crippen molar-refractivity contribution in [3.63, 3.8) is 0 Å². The van der Waals surface area contributed by atoms with Crippen molar-refractivity contribution in [2.45, 2.75) is 0 Å². The third-order valence-corrected chi connectivity index (χ3v) is 25.7. The predicted octanol–water partition coefficient (Wildman–Crippen LogP) is 21.6. The summed E-state index contributed by atoms with van der Waals surface area (Å²) in [6.45, 7) is 0. The van der Waals surface area contributed by atoms with E-state index in [1.807, 2.05) is 0 Å². The molecule has 24 heteroatoms. The average molecular weight is 1550 g/mol. The molecule has 0 aromatic heterocycles. The van der Waals surface area contributed by atoms with Gasteiger partial charge >= 0.3 is 0 Å². The SMILES string of the molecule is CN1C(=O)c2cc(F)c3c4ccc5c6c(F)cc7c8c(F)cc9c%10c(cc(F)c(c%11cc(F)c(c%12ccc(c%13c(F)cc(c2c3%13)C1=O)c4c5%12)c6c7%11)c%108)C(=O)N(C)C9=O.CN1C(=O)c2cc(F)c3c4ccc5c6c(F)cc7c8c(F)cc9c%10c(cc(F)c(c%11ccc(c%12c(F)cc(c%13c(F)cc(c2c3%13)C1=O)c4c5%12)c6c%117)c%108)C(=O)N(C)C9=O. The second-order valence-electron chi connectivity index (χ2n) is 30.7. The van der Waals surface area contributed by atoms with Gasteiger partial charge in [0.15, 0.2) is 0 Å². The van der Waals surface area contributed by atoms with Crippen molar-refractivity contribution in [2.75, 3.05) is 28.2 Å².